The van der Waals surface area contributed by atoms with E-state index in [2.05, 4.69) is 122 Å². The third-order valence-electron chi connectivity index (χ3n) is 13.8. The third-order valence-corrected chi connectivity index (χ3v) is 34.1. The number of benzene rings is 5. The minimum Gasteiger partial charge on any atom is -0.481 e. The Kier molecular flexibility index (Phi) is 75.3. The van der Waals surface area contributed by atoms with Crippen LogP contribution in [0.1, 0.15) is 178 Å². The van der Waals surface area contributed by atoms with E-state index >= 15 is 0 Å². The van der Waals surface area contributed by atoms with Gasteiger partial charge in [0.2, 0.25) is 0 Å². The molecule has 0 radical (unpaired) electrons. The van der Waals surface area contributed by atoms with Crippen LogP contribution in [0, 0.1) is 42.4 Å². The maximum absolute atomic E-state index is 10.8. The van der Waals surface area contributed by atoms with Crippen LogP contribution in [0.4, 0.5) is 0 Å². The van der Waals surface area contributed by atoms with E-state index in [1.165, 1.54) is 117 Å². The molecule has 15 nitrogen and oxygen atoms in total. The zero-order chi connectivity index (χ0) is 96.5. The Morgan fingerprint density at radius 1 is 0.360 bits per heavy atom. The predicted octanol–water partition coefficient (Wildman–Crippen LogP) is 29.6. The highest BCUT2D eigenvalue weighted by molar-refractivity contribution is 8.50. The van der Waals surface area contributed by atoms with Crippen molar-refractivity contribution in [3.8, 4) is 12.1 Å². The van der Waals surface area contributed by atoms with Crippen molar-refractivity contribution in [3.05, 3.63) is 214 Å². The molecule has 0 aliphatic carbocycles. The first-order valence-corrected chi connectivity index (χ1v) is 54.6. The largest absolute Gasteiger partial charge is 0.481 e. The lowest BCUT2D eigenvalue weighted by Gasteiger charge is -2.25. The Morgan fingerprint density at radius 2 is 0.656 bits per heavy atom. The lowest BCUT2D eigenvalue weighted by Crippen LogP contribution is -2.28. The number of nitriles is 2. The van der Waals surface area contributed by atoms with Crippen molar-refractivity contribution in [3.63, 3.8) is 0 Å². The summed E-state index contributed by atoms with van der Waals surface area (Å²) in [5, 5.41) is 61.4. The topological polar surface area (TPSA) is 247 Å². The number of hydrogen-bond acceptors (Lipinski definition) is 31. The Bertz CT molecular complexity index is 4410. The molecule has 39 heteroatoms. The lowest BCUT2D eigenvalue weighted by molar-refractivity contribution is -0.139. The van der Waals surface area contributed by atoms with Gasteiger partial charge in [0, 0.05) is 56.8 Å². The third kappa shape index (κ3) is 70.4. The SMILES string of the molecule is CC(C#N)(CCC(=O)O)SC(=S)c1ccccc1.CC(C)(SC(=S)SCCC(=O)O)C(=O)O.CC(C)(SC(=S)c1ccccc1)c1ccccc1.CCSC(=S)SC(C)(C#N)CCC(=O)O.CCSC(=S)SC(C)(C)C(=O)O.CCSC(=S)SCc1ccccc1.[C-]#[N+]C(C)(C)SC(=S)SCC.[C-]#[N+]C(C)(C)SC(=S)c1ccccc1.[C-]#[N+]CSC(=S)SCC. The monoisotopic (exact) mass is 2140 g/mol. The minimum atomic E-state index is -0.965. The van der Waals surface area contributed by atoms with E-state index in [4.69, 9.17) is 160 Å². The highest BCUT2D eigenvalue weighted by Crippen LogP contribution is 2.40. The van der Waals surface area contributed by atoms with Crippen LogP contribution in [0.15, 0.2) is 152 Å². The van der Waals surface area contributed by atoms with Gasteiger partial charge in [-0.15, -0.1) is 94.1 Å². The average Bonchev–Trinajstić information content (AvgIpc) is 0.817. The molecule has 0 saturated carbocycles. The molecule has 0 aliphatic rings. The molecule has 0 saturated heterocycles. The van der Waals surface area contributed by atoms with Crippen molar-refractivity contribution in [1.82, 2.24) is 0 Å². The molecule has 2 unspecified atom stereocenters. The highest BCUT2D eigenvalue weighted by Gasteiger charge is 2.33. The standard InChI is InChI=1S/C16H16S2.C13H13NO2S2.C11H11NS2.C10H12S3.C9H13NO2S3.C8H12O4S3.C7H11NS3.C7H12O2S3.C5H7NS3/c1-16(2,14-11-7-4-8-12-14)18-15(17)13-9-5-3-6-10-13;1-13(9-14,8-7-11(15)16)18-12(17)10-5-3-2-4-6-10;1-11(2,12-3)14-10(13)9-7-5-4-6-8-9;1-2-12-10(11)13-8-9-6-4-3-5-7-9;1-3-14-8(13)15-9(2,6-10)5-4-7(11)12;1-8(2,6(11)12)15-7(13)14-4-3-5(9)10;1-5-10-6(9)11-7(2,3)8-4;1-4-11-6(10)12-7(2,3)5(8)9;1-3-8-5(7)9-4-6-2/h3-12H,1-2H3;2-6H,7-8H2,1H3,(H,15,16);4-8H,1-2H3;3-7H,2,8H2,1H3;3-5H2,1-2H3,(H,11,12);3-4H2,1-2H3,(H,9,10)(H,11,12);5H2,1-3H3;4H2,1-3H3,(H,8,9);3-4H2,1H3. The van der Waals surface area contributed by atoms with Crippen LogP contribution < -0.4 is 0 Å². The molecular weight excluding hydrogens is 2030 g/mol. The van der Waals surface area contributed by atoms with E-state index < -0.39 is 53.7 Å². The second-order valence-electron chi connectivity index (χ2n) is 26.6. The van der Waals surface area contributed by atoms with Gasteiger partial charge in [-0.2, -0.15) is 10.5 Å². The fourth-order valence-electron chi connectivity index (χ4n) is 7.16. The highest BCUT2D eigenvalue weighted by atomic mass is 32.3. The molecule has 125 heavy (non-hydrogen) atoms. The molecular formula is C86H107N5O10S24. The molecule has 5 N–H and O–H groups in total. The summed E-state index contributed by atoms with van der Waals surface area (Å²) < 4.78 is 3.71. The molecule has 2 atom stereocenters. The molecule has 0 spiro atoms. The smallest absolute Gasteiger partial charge is 0.319 e. The fraction of sp³-hybridized carbons (Fsp3) is 0.430. The second kappa shape index (κ2) is 73.4. The second-order valence-corrected chi connectivity index (χ2v) is 56.3. The van der Waals surface area contributed by atoms with E-state index in [0.29, 0.717) is 32.8 Å². The zero-order valence-electron chi connectivity index (χ0n) is 72.4. The summed E-state index contributed by atoms with van der Waals surface area (Å²) in [5.74, 6) is 2.22. The lowest BCUT2D eigenvalue weighted by atomic mass is 10.0. The van der Waals surface area contributed by atoms with Gasteiger partial charge in [0.05, 0.1) is 31.1 Å². The maximum Gasteiger partial charge on any atom is 0.319 e. The maximum atomic E-state index is 10.8. The van der Waals surface area contributed by atoms with Gasteiger partial charge < -0.3 is 30.4 Å². The van der Waals surface area contributed by atoms with E-state index in [9.17, 15) is 29.2 Å². The average molecular weight is 2140 g/mol. The summed E-state index contributed by atoms with van der Waals surface area (Å²) in [6.45, 7) is 52.4. The molecule has 0 aliphatic heterocycles. The molecule has 0 fully saturated rings. The van der Waals surface area contributed by atoms with E-state index in [1.54, 1.807) is 100 Å². The number of carboxylic acid groups (broad SMARTS) is 5. The number of hydrogen-bond donors (Lipinski definition) is 5. The van der Waals surface area contributed by atoms with Crippen LogP contribution in [0.2, 0.25) is 0 Å². The number of rotatable bonds is 30. The zero-order valence-corrected chi connectivity index (χ0v) is 92.0. The Balaban J connectivity index is -0.000000663. The van der Waals surface area contributed by atoms with Crippen molar-refractivity contribution < 1.29 is 49.5 Å². The molecule has 5 rings (SSSR count). The van der Waals surface area contributed by atoms with Crippen LogP contribution >= 0.6 is 286 Å². The summed E-state index contributed by atoms with van der Waals surface area (Å²) in [4.78, 5) is 61.9. The fourth-order valence-corrected chi connectivity index (χ4v) is 27.5. The van der Waals surface area contributed by atoms with Gasteiger partial charge in [-0.05, 0) is 160 Å². The first-order chi connectivity index (χ1) is 58.3. The number of carboxylic acids is 5. The van der Waals surface area contributed by atoms with Crippen molar-refractivity contribution in [2.75, 3.05) is 40.4 Å². The quantitative estimate of drug-likeness (QED) is 0.0212. The Hall–Kier alpha value is -3.04. The van der Waals surface area contributed by atoms with Crippen molar-refractivity contribution in [1.29, 1.82) is 10.5 Å². The molecule has 0 heterocycles. The van der Waals surface area contributed by atoms with Gasteiger partial charge in [-0.3, -0.25) is 33.7 Å². The summed E-state index contributed by atoms with van der Waals surface area (Å²) in [6.07, 6.45) is 0.578. The van der Waals surface area contributed by atoms with Crippen LogP contribution in [0.25, 0.3) is 14.5 Å². The first-order valence-electron chi connectivity index (χ1n) is 37.4. The number of aliphatic carboxylic acids is 5. The van der Waals surface area contributed by atoms with Crippen LogP contribution in [-0.4, -0.2) is 158 Å². The van der Waals surface area contributed by atoms with Crippen molar-refractivity contribution >= 4 is 350 Å². The van der Waals surface area contributed by atoms with Gasteiger partial charge in [0.1, 0.15) is 40.2 Å². The molecule has 0 amide bonds. The van der Waals surface area contributed by atoms with Gasteiger partial charge in [-0.25, -0.2) is 19.7 Å². The summed E-state index contributed by atoms with van der Waals surface area (Å²) >= 11 is 68.1. The summed E-state index contributed by atoms with van der Waals surface area (Å²) in [6, 6.07) is 54.6. The van der Waals surface area contributed by atoms with Gasteiger partial charge >= 0.3 is 29.8 Å². The Morgan fingerprint density at radius 3 is 0.992 bits per heavy atom. The molecule has 5 aromatic carbocycles. The van der Waals surface area contributed by atoms with Crippen LogP contribution in [0.3, 0.4) is 0 Å². The number of thioether (sulfide) groups is 15. The predicted molar refractivity (Wildman–Crippen MR) is 601 cm³/mol. The van der Waals surface area contributed by atoms with Gasteiger partial charge in [-0.1, -0.05) is 343 Å². The van der Waals surface area contributed by atoms with E-state index in [0.717, 1.165) is 81.9 Å². The minimum absolute atomic E-state index is 0.00351. The van der Waals surface area contributed by atoms with Gasteiger partial charge in [0.25, 0.3) is 15.6 Å². The molecule has 0 aromatic heterocycles. The molecule has 0 bridgehead atoms. The van der Waals surface area contributed by atoms with E-state index in [1.807, 2.05) is 133 Å². The van der Waals surface area contributed by atoms with Crippen LogP contribution in [0.5, 0.6) is 0 Å². The van der Waals surface area contributed by atoms with Crippen LogP contribution in [-0.2, 0) is 34.5 Å². The Labute approximate surface area is 855 Å². The normalized spacial score (nSPS) is 11.4. The van der Waals surface area contributed by atoms with Crippen molar-refractivity contribution in [2.24, 2.45) is 0 Å². The van der Waals surface area contributed by atoms with Crippen molar-refractivity contribution in [2.45, 2.75) is 189 Å². The summed E-state index contributed by atoms with van der Waals surface area (Å²) in [7, 11) is 0. The number of carbonyl (C=O) groups is 5. The summed E-state index contributed by atoms with van der Waals surface area (Å²) in [5.41, 5.74) is 5.67. The first kappa shape index (κ1) is 128. The number of nitrogens with zero attached hydrogens (tertiary/aromatic N) is 5. The van der Waals surface area contributed by atoms with Gasteiger partial charge in [0.15, 0.2) is 0 Å². The number of thiocarbonyl (C=S) groups is 9. The molecule has 680 valence electrons. The molecule has 5 aromatic rings. The van der Waals surface area contributed by atoms with E-state index in [-0.39, 0.29) is 35.3 Å².